The third kappa shape index (κ3) is 6.32. The Morgan fingerprint density at radius 1 is 0.872 bits per heavy atom. The van der Waals surface area contributed by atoms with Gasteiger partial charge in [0.15, 0.2) is 5.78 Å². The van der Waals surface area contributed by atoms with Crippen LogP contribution in [0.1, 0.15) is 37.8 Å². The summed E-state index contributed by atoms with van der Waals surface area (Å²) in [6, 6.07) is 25.5. The molecule has 2 N–H and O–H groups in total. The van der Waals surface area contributed by atoms with Crippen LogP contribution >= 0.6 is 0 Å². The number of rotatable bonds is 7. The molecule has 238 valence electrons. The molecule has 0 radical (unpaired) electrons. The molecule has 1 unspecified atom stereocenters. The molecular formula is C37H36N6O4. The van der Waals surface area contributed by atoms with Gasteiger partial charge in [-0.3, -0.25) is 19.4 Å². The van der Waals surface area contributed by atoms with Gasteiger partial charge in [0, 0.05) is 73.2 Å². The minimum absolute atomic E-state index is 0.189. The topological polar surface area (TPSA) is 107 Å². The summed E-state index contributed by atoms with van der Waals surface area (Å²) in [5.41, 5.74) is 6.05. The van der Waals surface area contributed by atoms with Crippen LogP contribution in [0.5, 0.6) is 5.75 Å². The second kappa shape index (κ2) is 12.7. The highest BCUT2D eigenvalue weighted by molar-refractivity contribution is 6.15. The van der Waals surface area contributed by atoms with Gasteiger partial charge in [-0.2, -0.15) is 0 Å². The monoisotopic (exact) mass is 628 g/mol. The Bertz CT molecular complexity index is 1880. The van der Waals surface area contributed by atoms with Crippen LogP contribution < -0.4 is 25.2 Å². The fourth-order valence-electron chi connectivity index (χ4n) is 6.16. The molecule has 10 nitrogen and oxygen atoms in total. The van der Waals surface area contributed by atoms with Crippen LogP contribution in [-0.2, 0) is 4.79 Å². The van der Waals surface area contributed by atoms with Crippen LogP contribution in [0.15, 0.2) is 89.9 Å². The van der Waals surface area contributed by atoms with Crippen molar-refractivity contribution in [2.75, 3.05) is 73.9 Å². The minimum Gasteiger partial charge on any atom is -0.490 e. The smallest absolute Gasteiger partial charge is 0.255 e. The van der Waals surface area contributed by atoms with Gasteiger partial charge in [0.2, 0.25) is 5.91 Å². The number of ether oxygens (including phenoxy) is 1. The molecule has 0 spiro atoms. The molecule has 1 saturated heterocycles. The van der Waals surface area contributed by atoms with Gasteiger partial charge in [-0.1, -0.05) is 24.3 Å². The minimum atomic E-state index is -0.556. The van der Waals surface area contributed by atoms with E-state index in [1.807, 2.05) is 25.2 Å². The number of benzene rings is 4. The zero-order valence-corrected chi connectivity index (χ0v) is 26.4. The predicted molar refractivity (Wildman–Crippen MR) is 185 cm³/mol. The molecule has 0 bridgehead atoms. The molecule has 10 heteroatoms. The first kappa shape index (κ1) is 30.2. The number of piperazine rings is 1. The van der Waals surface area contributed by atoms with Crippen molar-refractivity contribution < 1.29 is 19.1 Å². The summed E-state index contributed by atoms with van der Waals surface area (Å²) in [6.45, 7) is 5.42. The second-order valence-electron chi connectivity index (χ2n) is 12.2. The van der Waals surface area contributed by atoms with Crippen molar-refractivity contribution in [2.45, 2.75) is 5.92 Å². The quantitative estimate of drug-likeness (QED) is 0.214. The highest BCUT2D eigenvalue weighted by atomic mass is 16.5. The van der Waals surface area contributed by atoms with E-state index in [0.717, 1.165) is 49.7 Å². The standard InChI is InChI=1S/C37H36N6O4/c1-41-14-16-43(17-15-41)29-10-8-27(9-11-29)38-23-31-30-12-6-25(21-32(30)40-37(31)46)35(44)24-4-3-5-28(20-24)39-36(45)26-7-13-33-34(22-26)47-19-18-42(33)2/h3-13,20-23,31H,14-19H2,1-2H3,(H,39,45)(H,40,46). The highest BCUT2D eigenvalue weighted by Crippen LogP contribution is 2.34. The Morgan fingerprint density at radius 2 is 1.64 bits per heavy atom. The molecule has 7 rings (SSSR count). The van der Waals surface area contributed by atoms with Crippen molar-refractivity contribution in [1.82, 2.24) is 4.90 Å². The summed E-state index contributed by atoms with van der Waals surface area (Å²) < 4.78 is 5.74. The van der Waals surface area contributed by atoms with Crippen molar-refractivity contribution in [3.63, 3.8) is 0 Å². The largest absolute Gasteiger partial charge is 0.490 e. The summed E-state index contributed by atoms with van der Waals surface area (Å²) in [7, 11) is 4.13. The van der Waals surface area contributed by atoms with Gasteiger partial charge < -0.3 is 30.1 Å². The number of carbonyl (C=O) groups is 3. The molecule has 2 amide bonds. The van der Waals surface area contributed by atoms with Gasteiger partial charge in [-0.15, -0.1) is 0 Å². The molecule has 3 heterocycles. The van der Waals surface area contributed by atoms with Gasteiger partial charge in [-0.25, -0.2) is 0 Å². The molecule has 3 aliphatic heterocycles. The molecule has 0 aromatic heterocycles. The van der Waals surface area contributed by atoms with E-state index in [9.17, 15) is 14.4 Å². The maximum absolute atomic E-state index is 13.5. The van der Waals surface area contributed by atoms with Crippen LogP contribution in [-0.4, -0.2) is 82.1 Å². The lowest BCUT2D eigenvalue weighted by molar-refractivity contribution is -0.115. The number of likely N-dealkylation sites (N-methyl/N-ethyl adjacent to an activating group) is 2. The van der Waals surface area contributed by atoms with Crippen LogP contribution in [0.4, 0.5) is 28.4 Å². The molecule has 0 saturated carbocycles. The van der Waals surface area contributed by atoms with Gasteiger partial charge >= 0.3 is 0 Å². The van der Waals surface area contributed by atoms with Crippen LogP contribution in [0, 0.1) is 0 Å². The number of hydrogen-bond acceptors (Lipinski definition) is 8. The normalized spacial score (nSPS) is 17.6. The number of nitrogens with zero attached hydrogens (tertiary/aromatic N) is 4. The second-order valence-corrected chi connectivity index (χ2v) is 12.2. The molecule has 1 atom stereocenters. The number of anilines is 4. The highest BCUT2D eigenvalue weighted by Gasteiger charge is 2.30. The Balaban J connectivity index is 1.02. The van der Waals surface area contributed by atoms with E-state index in [1.54, 1.807) is 60.8 Å². The first-order valence-electron chi connectivity index (χ1n) is 15.8. The summed E-state index contributed by atoms with van der Waals surface area (Å²) in [5, 5.41) is 5.79. The fourth-order valence-corrected chi connectivity index (χ4v) is 6.16. The third-order valence-corrected chi connectivity index (χ3v) is 8.98. The van der Waals surface area contributed by atoms with Crippen molar-refractivity contribution in [2.24, 2.45) is 4.99 Å². The number of aliphatic imine (C=N–C) groups is 1. The van der Waals surface area contributed by atoms with Crippen molar-refractivity contribution in [1.29, 1.82) is 0 Å². The van der Waals surface area contributed by atoms with E-state index in [4.69, 9.17) is 4.74 Å². The van der Waals surface area contributed by atoms with Gasteiger partial charge in [0.05, 0.1) is 17.9 Å². The predicted octanol–water partition coefficient (Wildman–Crippen LogP) is 5.19. The van der Waals surface area contributed by atoms with Crippen molar-refractivity contribution in [3.8, 4) is 5.75 Å². The molecule has 0 aliphatic carbocycles. The van der Waals surface area contributed by atoms with Gasteiger partial charge in [0.25, 0.3) is 5.91 Å². The number of hydrogen-bond donors (Lipinski definition) is 2. The molecule has 4 aromatic rings. The maximum atomic E-state index is 13.5. The van der Waals surface area contributed by atoms with Crippen molar-refractivity contribution in [3.05, 3.63) is 107 Å². The van der Waals surface area contributed by atoms with Crippen LogP contribution in [0.25, 0.3) is 0 Å². The Labute approximate surface area is 273 Å². The fraction of sp³-hybridized carbons (Fsp3) is 0.243. The van der Waals surface area contributed by atoms with E-state index in [1.165, 1.54) is 5.69 Å². The zero-order chi connectivity index (χ0) is 32.5. The maximum Gasteiger partial charge on any atom is 0.255 e. The Hall–Kier alpha value is -5.48. The lowest BCUT2D eigenvalue weighted by Gasteiger charge is -2.34. The molecular weight excluding hydrogens is 592 g/mol. The van der Waals surface area contributed by atoms with Crippen LogP contribution in [0.2, 0.25) is 0 Å². The van der Waals surface area contributed by atoms with Gasteiger partial charge in [-0.05, 0) is 73.3 Å². The summed E-state index contributed by atoms with van der Waals surface area (Å²) in [6.07, 6.45) is 1.66. The Morgan fingerprint density at radius 3 is 2.45 bits per heavy atom. The zero-order valence-electron chi connectivity index (χ0n) is 26.4. The van der Waals surface area contributed by atoms with E-state index < -0.39 is 5.92 Å². The first-order chi connectivity index (χ1) is 22.8. The summed E-state index contributed by atoms with van der Waals surface area (Å²) in [4.78, 5) is 50.8. The van der Waals surface area contributed by atoms with Crippen LogP contribution in [0.3, 0.4) is 0 Å². The number of nitrogens with one attached hydrogen (secondary N) is 2. The number of carbonyl (C=O) groups excluding carboxylic acids is 3. The summed E-state index contributed by atoms with van der Waals surface area (Å²) in [5.74, 6) is -0.595. The molecule has 4 aromatic carbocycles. The van der Waals surface area contributed by atoms with Crippen molar-refractivity contribution >= 4 is 52.2 Å². The van der Waals surface area contributed by atoms with E-state index in [-0.39, 0.29) is 17.6 Å². The average Bonchev–Trinajstić information content (AvgIpc) is 3.41. The number of fused-ring (bicyclic) bond motifs is 2. The average molecular weight is 629 g/mol. The first-order valence-corrected chi connectivity index (χ1v) is 15.8. The number of amides is 2. The lowest BCUT2D eigenvalue weighted by atomic mass is 9.97. The lowest BCUT2D eigenvalue weighted by Crippen LogP contribution is -2.44. The third-order valence-electron chi connectivity index (χ3n) is 8.98. The molecule has 3 aliphatic rings. The summed E-state index contributed by atoms with van der Waals surface area (Å²) >= 11 is 0. The molecule has 47 heavy (non-hydrogen) atoms. The number of ketones is 1. The molecule has 1 fully saturated rings. The van der Waals surface area contributed by atoms with E-state index in [0.29, 0.717) is 40.4 Å². The van der Waals surface area contributed by atoms with E-state index in [2.05, 4.69) is 49.5 Å². The van der Waals surface area contributed by atoms with E-state index >= 15 is 0 Å². The SMILES string of the molecule is CN1CCN(c2ccc(N=CC3C(=O)Nc4cc(C(=O)c5cccc(NC(=O)c6ccc7c(c6)OCCN7C)c5)ccc43)cc2)CC1. The Kier molecular flexibility index (Phi) is 8.17. The van der Waals surface area contributed by atoms with Gasteiger partial charge in [0.1, 0.15) is 18.3 Å².